The Bertz CT molecular complexity index is 737. The monoisotopic (exact) mass is 343 g/mol. The summed E-state index contributed by atoms with van der Waals surface area (Å²) in [7, 11) is 1.65. The molecule has 1 aromatic heterocycles. The van der Waals surface area contributed by atoms with Crippen molar-refractivity contribution in [2.45, 2.75) is 32.5 Å². The summed E-state index contributed by atoms with van der Waals surface area (Å²) < 4.78 is 13.0. The molecule has 0 N–H and O–H groups in total. The summed E-state index contributed by atoms with van der Waals surface area (Å²) in [5.74, 6) is 0.0150. The van der Waals surface area contributed by atoms with Gasteiger partial charge in [0.25, 0.3) is 5.91 Å². The maximum absolute atomic E-state index is 12.9. The van der Waals surface area contributed by atoms with Gasteiger partial charge in [-0.1, -0.05) is 0 Å². The molecule has 0 spiro atoms. The van der Waals surface area contributed by atoms with E-state index in [4.69, 9.17) is 9.47 Å². The Kier molecular flexibility index (Phi) is 4.92. The Hall–Kier alpha value is -2.18. The summed E-state index contributed by atoms with van der Waals surface area (Å²) in [6.07, 6.45) is 1.66. The molecule has 2 heterocycles. The second-order valence-corrected chi connectivity index (χ2v) is 7.07. The minimum atomic E-state index is -0.386. The van der Waals surface area contributed by atoms with E-state index in [0.717, 1.165) is 11.4 Å². The van der Waals surface area contributed by atoms with Crippen LogP contribution in [-0.2, 0) is 9.47 Å². The Morgan fingerprint density at radius 3 is 2.64 bits per heavy atom. The van der Waals surface area contributed by atoms with Crippen LogP contribution in [0, 0.1) is 6.92 Å². The van der Waals surface area contributed by atoms with Gasteiger partial charge in [0.05, 0.1) is 24.0 Å². The van der Waals surface area contributed by atoms with Crippen LogP contribution in [0.2, 0.25) is 0 Å². The second-order valence-electron chi connectivity index (χ2n) is 7.07. The van der Waals surface area contributed by atoms with Gasteiger partial charge in [-0.15, -0.1) is 0 Å². The van der Waals surface area contributed by atoms with E-state index in [1.54, 1.807) is 13.3 Å². The molecule has 1 amide bonds. The number of benzene rings is 1. The number of hydrogen-bond acceptors (Lipinski definition) is 4. The molecule has 1 aliphatic heterocycles. The molecular weight excluding hydrogens is 318 g/mol. The number of aromatic nitrogens is 2. The molecule has 1 fully saturated rings. The molecule has 25 heavy (non-hydrogen) atoms. The summed E-state index contributed by atoms with van der Waals surface area (Å²) in [5, 5.41) is 4.29. The molecule has 0 aliphatic carbocycles. The zero-order valence-electron chi connectivity index (χ0n) is 15.2. The van der Waals surface area contributed by atoms with Crippen LogP contribution in [0.15, 0.2) is 36.5 Å². The number of rotatable bonds is 4. The maximum Gasteiger partial charge on any atom is 0.254 e. The first-order chi connectivity index (χ1) is 11.9. The van der Waals surface area contributed by atoms with E-state index in [1.165, 1.54) is 0 Å². The second kappa shape index (κ2) is 6.98. The van der Waals surface area contributed by atoms with Gasteiger partial charge in [-0.05, 0) is 51.1 Å². The lowest BCUT2D eigenvalue weighted by Crippen LogP contribution is -2.55. The van der Waals surface area contributed by atoms with Crippen molar-refractivity contribution < 1.29 is 14.3 Å². The topological polar surface area (TPSA) is 56.6 Å². The van der Waals surface area contributed by atoms with Crippen LogP contribution in [0.3, 0.4) is 0 Å². The van der Waals surface area contributed by atoms with Gasteiger partial charge >= 0.3 is 0 Å². The molecule has 1 saturated heterocycles. The van der Waals surface area contributed by atoms with Crippen LogP contribution >= 0.6 is 0 Å². The average Bonchev–Trinajstić information content (AvgIpc) is 2.99. The lowest BCUT2D eigenvalue weighted by molar-refractivity contribution is -0.143. The number of ether oxygens (including phenoxy) is 2. The van der Waals surface area contributed by atoms with Crippen molar-refractivity contribution in [1.29, 1.82) is 0 Å². The van der Waals surface area contributed by atoms with Crippen molar-refractivity contribution in [3.63, 3.8) is 0 Å². The van der Waals surface area contributed by atoms with Crippen LogP contribution in [0.5, 0.6) is 0 Å². The quantitative estimate of drug-likeness (QED) is 0.856. The standard InChI is InChI=1S/C19H25N3O3/c1-14-9-10-20-22(14)16-7-5-15(6-8-16)18(23)21-11-17(12-24-4)25-19(2,3)13-21/h5-10,17H,11-13H2,1-4H3/t17-/m0/s1. The van der Waals surface area contributed by atoms with Crippen LogP contribution in [-0.4, -0.2) is 59.1 Å². The van der Waals surface area contributed by atoms with Crippen molar-refractivity contribution in [3.05, 3.63) is 47.8 Å². The van der Waals surface area contributed by atoms with Crippen molar-refractivity contribution in [3.8, 4) is 5.69 Å². The number of aryl methyl sites for hydroxylation is 1. The molecular formula is C19H25N3O3. The van der Waals surface area contributed by atoms with Crippen LogP contribution < -0.4 is 0 Å². The zero-order valence-corrected chi connectivity index (χ0v) is 15.2. The Morgan fingerprint density at radius 2 is 2.04 bits per heavy atom. The molecule has 3 rings (SSSR count). The minimum Gasteiger partial charge on any atom is -0.382 e. The smallest absolute Gasteiger partial charge is 0.254 e. The first kappa shape index (κ1) is 17.6. The predicted octanol–water partition coefficient (Wildman–Crippen LogP) is 2.45. The predicted molar refractivity (Wildman–Crippen MR) is 95.0 cm³/mol. The van der Waals surface area contributed by atoms with Crippen molar-refractivity contribution in [2.24, 2.45) is 0 Å². The highest BCUT2D eigenvalue weighted by atomic mass is 16.5. The normalized spacial score (nSPS) is 19.8. The number of methoxy groups -OCH3 is 1. The Labute approximate surface area is 148 Å². The fraction of sp³-hybridized carbons (Fsp3) is 0.474. The molecule has 0 saturated carbocycles. The molecule has 1 aromatic carbocycles. The van der Waals surface area contributed by atoms with E-state index >= 15 is 0 Å². The maximum atomic E-state index is 12.9. The van der Waals surface area contributed by atoms with E-state index in [1.807, 2.05) is 60.7 Å². The van der Waals surface area contributed by atoms with Gasteiger partial charge < -0.3 is 14.4 Å². The Balaban J connectivity index is 1.77. The fourth-order valence-corrected chi connectivity index (χ4v) is 3.29. The highest BCUT2D eigenvalue weighted by Crippen LogP contribution is 2.23. The van der Waals surface area contributed by atoms with Crippen molar-refractivity contribution in [2.75, 3.05) is 26.8 Å². The Morgan fingerprint density at radius 1 is 1.32 bits per heavy atom. The molecule has 1 aliphatic rings. The van der Waals surface area contributed by atoms with E-state index in [-0.39, 0.29) is 17.6 Å². The SMILES string of the molecule is COC[C@@H]1CN(C(=O)c2ccc(-n3nccc3C)cc2)CC(C)(C)O1. The van der Waals surface area contributed by atoms with Gasteiger partial charge in [0.2, 0.25) is 0 Å². The molecule has 134 valence electrons. The summed E-state index contributed by atoms with van der Waals surface area (Å²) >= 11 is 0. The summed E-state index contributed by atoms with van der Waals surface area (Å²) in [4.78, 5) is 14.8. The van der Waals surface area contributed by atoms with Gasteiger partial charge in [0.1, 0.15) is 0 Å². The zero-order chi connectivity index (χ0) is 18.0. The third kappa shape index (κ3) is 3.91. The van der Waals surface area contributed by atoms with Crippen molar-refractivity contribution in [1.82, 2.24) is 14.7 Å². The van der Waals surface area contributed by atoms with Gasteiger partial charge in [-0.3, -0.25) is 4.79 Å². The molecule has 6 nitrogen and oxygen atoms in total. The lowest BCUT2D eigenvalue weighted by atomic mass is 10.0. The van der Waals surface area contributed by atoms with Crippen LogP contribution in [0.1, 0.15) is 29.9 Å². The molecule has 0 bridgehead atoms. The highest BCUT2D eigenvalue weighted by molar-refractivity contribution is 5.94. The number of nitrogens with zero attached hydrogens (tertiary/aromatic N) is 3. The van der Waals surface area contributed by atoms with Crippen LogP contribution in [0.25, 0.3) is 5.69 Å². The summed E-state index contributed by atoms with van der Waals surface area (Å²) in [6, 6.07) is 9.50. The van der Waals surface area contributed by atoms with E-state index in [0.29, 0.717) is 25.3 Å². The van der Waals surface area contributed by atoms with Crippen molar-refractivity contribution >= 4 is 5.91 Å². The van der Waals surface area contributed by atoms with Gasteiger partial charge in [0.15, 0.2) is 0 Å². The highest BCUT2D eigenvalue weighted by Gasteiger charge is 2.35. The fourth-order valence-electron chi connectivity index (χ4n) is 3.29. The third-order valence-electron chi connectivity index (χ3n) is 4.31. The minimum absolute atomic E-state index is 0.0150. The number of carbonyl (C=O) groups excluding carboxylic acids is 1. The van der Waals surface area contributed by atoms with Gasteiger partial charge in [-0.25, -0.2) is 4.68 Å². The van der Waals surface area contributed by atoms with Gasteiger partial charge in [-0.2, -0.15) is 5.10 Å². The van der Waals surface area contributed by atoms with E-state index < -0.39 is 0 Å². The number of hydrogen-bond donors (Lipinski definition) is 0. The first-order valence-corrected chi connectivity index (χ1v) is 8.47. The average molecular weight is 343 g/mol. The largest absolute Gasteiger partial charge is 0.382 e. The summed E-state index contributed by atoms with van der Waals surface area (Å²) in [6.45, 7) is 7.57. The molecule has 0 radical (unpaired) electrons. The first-order valence-electron chi connectivity index (χ1n) is 8.47. The van der Waals surface area contributed by atoms with E-state index in [9.17, 15) is 4.79 Å². The summed E-state index contributed by atoms with van der Waals surface area (Å²) in [5.41, 5.74) is 2.28. The van der Waals surface area contributed by atoms with Crippen LogP contribution in [0.4, 0.5) is 0 Å². The number of amides is 1. The molecule has 2 aromatic rings. The number of morpholine rings is 1. The molecule has 1 atom stereocenters. The lowest BCUT2D eigenvalue weighted by Gasteiger charge is -2.42. The number of carbonyl (C=O) groups is 1. The molecule has 0 unspecified atom stereocenters. The van der Waals surface area contributed by atoms with Gasteiger partial charge in [0, 0.05) is 37.7 Å². The van der Waals surface area contributed by atoms with E-state index in [2.05, 4.69) is 5.10 Å². The third-order valence-corrected chi connectivity index (χ3v) is 4.31. The molecule has 6 heteroatoms.